The van der Waals surface area contributed by atoms with E-state index in [1.54, 1.807) is 6.33 Å². The highest BCUT2D eigenvalue weighted by molar-refractivity contribution is 5.80. The second-order valence-electron chi connectivity index (χ2n) is 5.47. The molecule has 2 rings (SSSR count). The van der Waals surface area contributed by atoms with Crippen molar-refractivity contribution < 1.29 is 4.79 Å². The van der Waals surface area contributed by atoms with Crippen molar-refractivity contribution in [3.63, 3.8) is 0 Å². The number of aromatic nitrogens is 3. The van der Waals surface area contributed by atoms with Gasteiger partial charge in [0, 0.05) is 13.0 Å². The lowest BCUT2D eigenvalue weighted by molar-refractivity contribution is -0.120. The maximum absolute atomic E-state index is 11.9. The number of carbonyl (C=O) groups excluding carboxylic acids is 1. The Morgan fingerprint density at radius 1 is 1.53 bits per heavy atom. The van der Waals surface area contributed by atoms with Gasteiger partial charge in [-0.25, -0.2) is 9.67 Å². The molecule has 0 N–H and O–H groups in total. The molecule has 1 aromatic heterocycles. The monoisotopic (exact) mass is 235 g/mol. The molecule has 0 aromatic carbocycles. The zero-order chi connectivity index (χ0) is 12.3. The van der Waals surface area contributed by atoms with Gasteiger partial charge in [-0.3, -0.25) is 4.79 Å². The van der Waals surface area contributed by atoms with Crippen LogP contribution in [0.25, 0.3) is 0 Å². The highest BCUT2D eigenvalue weighted by Crippen LogP contribution is 2.29. The maximum atomic E-state index is 11.9. The third-order valence-corrected chi connectivity index (χ3v) is 3.33. The maximum Gasteiger partial charge on any atom is 0.140 e. The highest BCUT2D eigenvalue weighted by Gasteiger charge is 2.21. The topological polar surface area (TPSA) is 47.8 Å². The van der Waals surface area contributed by atoms with Crippen LogP contribution in [0.5, 0.6) is 0 Å². The molecule has 0 saturated heterocycles. The van der Waals surface area contributed by atoms with E-state index in [9.17, 15) is 4.79 Å². The fourth-order valence-corrected chi connectivity index (χ4v) is 2.19. The number of carbonyl (C=O) groups is 1. The van der Waals surface area contributed by atoms with E-state index in [2.05, 4.69) is 23.9 Å². The molecule has 0 spiro atoms. The second-order valence-corrected chi connectivity index (χ2v) is 5.47. The molecule has 0 bridgehead atoms. The van der Waals surface area contributed by atoms with Crippen molar-refractivity contribution >= 4 is 5.78 Å². The van der Waals surface area contributed by atoms with Crippen molar-refractivity contribution in [2.75, 3.05) is 0 Å². The molecular formula is C13H21N3O. The van der Waals surface area contributed by atoms with Gasteiger partial charge in [0.25, 0.3) is 0 Å². The molecule has 4 heteroatoms. The lowest BCUT2D eigenvalue weighted by atomic mass is 9.81. The van der Waals surface area contributed by atoms with Gasteiger partial charge in [-0.15, -0.1) is 0 Å². The molecule has 0 unspecified atom stereocenters. The summed E-state index contributed by atoms with van der Waals surface area (Å²) in [6.45, 7) is 5.12. The van der Waals surface area contributed by atoms with Crippen LogP contribution in [0.4, 0.5) is 0 Å². The first kappa shape index (κ1) is 12.3. The summed E-state index contributed by atoms with van der Waals surface area (Å²) < 4.78 is 1.86. The van der Waals surface area contributed by atoms with Crippen molar-refractivity contribution in [3.8, 4) is 0 Å². The summed E-state index contributed by atoms with van der Waals surface area (Å²) in [5.74, 6) is 2.30. The first-order valence-corrected chi connectivity index (χ1v) is 6.53. The lowest BCUT2D eigenvalue weighted by Crippen LogP contribution is -2.19. The van der Waals surface area contributed by atoms with Gasteiger partial charge in [-0.05, 0) is 11.8 Å². The molecule has 1 aliphatic carbocycles. The summed E-state index contributed by atoms with van der Waals surface area (Å²) in [7, 11) is 0. The number of ketones is 1. The Bertz CT molecular complexity index is 380. The summed E-state index contributed by atoms with van der Waals surface area (Å²) in [5, 5.41) is 4.18. The Morgan fingerprint density at radius 2 is 2.29 bits per heavy atom. The molecule has 1 aromatic rings. The normalized spacial score (nSPS) is 16.2. The van der Waals surface area contributed by atoms with Gasteiger partial charge in [0.15, 0.2) is 0 Å². The van der Waals surface area contributed by atoms with Crippen LogP contribution in [-0.4, -0.2) is 20.5 Å². The lowest BCUT2D eigenvalue weighted by Gasteiger charge is -2.24. The fraction of sp³-hybridized carbons (Fsp3) is 0.769. The number of Topliss-reactive ketones (excluding diaryl/α,β-unsaturated/α-hetero) is 1. The van der Waals surface area contributed by atoms with Crippen LogP contribution in [0.1, 0.15) is 45.4 Å². The standard InChI is InChI=1S/C13H21N3O/c1-10(2)8-16-13(14-9-15-16)7-12(17)6-11-4-3-5-11/h9-11H,3-8H2,1-2H3. The van der Waals surface area contributed by atoms with E-state index in [0.29, 0.717) is 24.0 Å². The first-order valence-electron chi connectivity index (χ1n) is 6.53. The van der Waals surface area contributed by atoms with Crippen molar-refractivity contribution in [2.45, 2.75) is 52.5 Å². The van der Waals surface area contributed by atoms with Crippen LogP contribution in [0.15, 0.2) is 6.33 Å². The van der Waals surface area contributed by atoms with Crippen LogP contribution in [0.3, 0.4) is 0 Å². The molecule has 1 heterocycles. The number of hydrogen-bond donors (Lipinski definition) is 0. The first-order chi connectivity index (χ1) is 8.15. The SMILES string of the molecule is CC(C)Cn1ncnc1CC(=O)CC1CCC1. The van der Waals surface area contributed by atoms with E-state index >= 15 is 0 Å². The van der Waals surface area contributed by atoms with Crippen molar-refractivity contribution in [2.24, 2.45) is 11.8 Å². The molecule has 0 radical (unpaired) electrons. The molecular weight excluding hydrogens is 214 g/mol. The molecule has 94 valence electrons. The molecule has 0 atom stereocenters. The van der Waals surface area contributed by atoms with Crippen LogP contribution < -0.4 is 0 Å². The molecule has 0 aliphatic heterocycles. The molecule has 1 fully saturated rings. The van der Waals surface area contributed by atoms with Crippen LogP contribution in [0, 0.1) is 11.8 Å². The summed E-state index contributed by atoms with van der Waals surface area (Å²) in [6.07, 6.45) is 6.47. The minimum atomic E-state index is 0.313. The van der Waals surface area contributed by atoms with E-state index in [-0.39, 0.29) is 0 Å². The van der Waals surface area contributed by atoms with Gasteiger partial charge in [-0.2, -0.15) is 5.10 Å². The van der Waals surface area contributed by atoms with Crippen LogP contribution in [-0.2, 0) is 17.8 Å². The molecule has 0 amide bonds. The van der Waals surface area contributed by atoms with Gasteiger partial charge in [0.1, 0.15) is 17.9 Å². The van der Waals surface area contributed by atoms with Gasteiger partial charge in [0.2, 0.25) is 0 Å². The number of rotatable bonds is 6. The third kappa shape index (κ3) is 3.38. The third-order valence-electron chi connectivity index (χ3n) is 3.33. The number of nitrogens with zero attached hydrogens (tertiary/aromatic N) is 3. The van der Waals surface area contributed by atoms with Crippen LogP contribution in [0.2, 0.25) is 0 Å². The van der Waals surface area contributed by atoms with Crippen LogP contribution >= 0.6 is 0 Å². The minimum absolute atomic E-state index is 0.313. The van der Waals surface area contributed by atoms with Crippen molar-refractivity contribution in [1.82, 2.24) is 14.8 Å². The predicted molar refractivity (Wildman–Crippen MR) is 65.5 cm³/mol. The Hall–Kier alpha value is -1.19. The van der Waals surface area contributed by atoms with E-state index in [1.807, 2.05) is 4.68 Å². The minimum Gasteiger partial charge on any atom is -0.299 e. The van der Waals surface area contributed by atoms with Gasteiger partial charge in [0.05, 0.1) is 6.42 Å². The summed E-state index contributed by atoms with van der Waals surface area (Å²) in [4.78, 5) is 16.1. The van der Waals surface area contributed by atoms with Gasteiger partial charge in [-0.1, -0.05) is 33.1 Å². The number of hydrogen-bond acceptors (Lipinski definition) is 3. The Balaban J connectivity index is 1.88. The fourth-order valence-electron chi connectivity index (χ4n) is 2.19. The molecule has 1 aliphatic rings. The highest BCUT2D eigenvalue weighted by atomic mass is 16.1. The van der Waals surface area contributed by atoms with E-state index in [0.717, 1.165) is 18.8 Å². The van der Waals surface area contributed by atoms with E-state index in [1.165, 1.54) is 19.3 Å². The predicted octanol–water partition coefficient (Wildman–Crippen LogP) is 2.24. The quantitative estimate of drug-likeness (QED) is 0.759. The zero-order valence-corrected chi connectivity index (χ0v) is 10.7. The average molecular weight is 235 g/mol. The summed E-state index contributed by atoms with van der Waals surface area (Å²) in [6, 6.07) is 0. The van der Waals surface area contributed by atoms with Crippen molar-refractivity contribution in [3.05, 3.63) is 12.2 Å². The summed E-state index contributed by atoms with van der Waals surface area (Å²) >= 11 is 0. The van der Waals surface area contributed by atoms with Gasteiger partial charge < -0.3 is 0 Å². The Kier molecular flexibility index (Phi) is 3.92. The van der Waals surface area contributed by atoms with Gasteiger partial charge >= 0.3 is 0 Å². The molecule has 4 nitrogen and oxygen atoms in total. The largest absolute Gasteiger partial charge is 0.299 e. The Morgan fingerprint density at radius 3 is 2.88 bits per heavy atom. The van der Waals surface area contributed by atoms with E-state index < -0.39 is 0 Å². The average Bonchev–Trinajstić information content (AvgIpc) is 2.59. The van der Waals surface area contributed by atoms with E-state index in [4.69, 9.17) is 0 Å². The zero-order valence-electron chi connectivity index (χ0n) is 10.7. The Labute approximate surface area is 102 Å². The smallest absolute Gasteiger partial charge is 0.140 e. The van der Waals surface area contributed by atoms with Crippen molar-refractivity contribution in [1.29, 1.82) is 0 Å². The molecule has 1 saturated carbocycles. The second kappa shape index (κ2) is 5.43. The summed E-state index contributed by atoms with van der Waals surface area (Å²) in [5.41, 5.74) is 0. The molecule has 17 heavy (non-hydrogen) atoms.